The average Bonchev–Trinajstić information content (AvgIpc) is 2.52. The second-order valence-corrected chi connectivity index (χ2v) is 4.48. The van der Waals surface area contributed by atoms with Crippen molar-refractivity contribution in [3.63, 3.8) is 0 Å². The molecule has 11 nitrogen and oxygen atoms in total. The molecule has 0 aromatic carbocycles. The number of ether oxygens (including phenoxy) is 2. The SMILES string of the molecule is C=C(C)C(=O)O.CCOC(=O)CCC(=O)O.CCOC(=O)CCC(=O)O.O. The number of carbonyl (C=O) groups excluding carboxylic acids is 2. The van der Waals surface area contributed by atoms with Crippen LogP contribution in [0.5, 0.6) is 0 Å². The summed E-state index contributed by atoms with van der Waals surface area (Å²) in [6, 6.07) is 0. The van der Waals surface area contributed by atoms with Crippen LogP contribution in [-0.2, 0) is 33.4 Å². The highest BCUT2D eigenvalue weighted by atomic mass is 16.5. The molecule has 0 aliphatic heterocycles. The molecule has 27 heavy (non-hydrogen) atoms. The molecule has 0 spiro atoms. The molecule has 158 valence electrons. The highest BCUT2D eigenvalue weighted by molar-refractivity contribution is 5.84. The van der Waals surface area contributed by atoms with Gasteiger partial charge in [-0.15, -0.1) is 0 Å². The number of rotatable bonds is 9. The van der Waals surface area contributed by atoms with Crippen molar-refractivity contribution in [2.75, 3.05) is 13.2 Å². The van der Waals surface area contributed by atoms with Gasteiger partial charge in [-0.05, 0) is 20.8 Å². The molecule has 0 saturated carbocycles. The van der Waals surface area contributed by atoms with Gasteiger partial charge in [-0.2, -0.15) is 0 Å². The molecule has 0 amide bonds. The summed E-state index contributed by atoms with van der Waals surface area (Å²) in [4.78, 5) is 50.3. The van der Waals surface area contributed by atoms with Crippen LogP contribution in [0.3, 0.4) is 0 Å². The normalized spacial score (nSPS) is 8.26. The van der Waals surface area contributed by atoms with Gasteiger partial charge in [-0.25, -0.2) is 4.79 Å². The first-order valence-corrected chi connectivity index (χ1v) is 7.61. The van der Waals surface area contributed by atoms with Crippen LogP contribution in [0.4, 0.5) is 0 Å². The Morgan fingerprint density at radius 1 is 0.741 bits per heavy atom. The Kier molecular flexibility index (Phi) is 24.8. The Labute approximate surface area is 156 Å². The van der Waals surface area contributed by atoms with Crippen molar-refractivity contribution in [3.05, 3.63) is 12.2 Å². The predicted octanol–water partition coefficient (Wildman–Crippen LogP) is 0.651. The first-order chi connectivity index (χ1) is 12.0. The van der Waals surface area contributed by atoms with Gasteiger partial charge >= 0.3 is 29.8 Å². The van der Waals surface area contributed by atoms with Crippen molar-refractivity contribution >= 4 is 29.8 Å². The van der Waals surface area contributed by atoms with E-state index >= 15 is 0 Å². The van der Waals surface area contributed by atoms with Crippen molar-refractivity contribution in [1.82, 2.24) is 0 Å². The first-order valence-electron chi connectivity index (χ1n) is 7.61. The molecular formula is C16H28O11. The summed E-state index contributed by atoms with van der Waals surface area (Å²) in [7, 11) is 0. The third-order valence-corrected chi connectivity index (χ3v) is 2.06. The van der Waals surface area contributed by atoms with Gasteiger partial charge in [0.05, 0.1) is 38.9 Å². The van der Waals surface area contributed by atoms with E-state index in [9.17, 15) is 24.0 Å². The minimum Gasteiger partial charge on any atom is -0.481 e. The molecule has 0 rings (SSSR count). The zero-order valence-electron chi connectivity index (χ0n) is 15.6. The molecule has 11 heteroatoms. The van der Waals surface area contributed by atoms with Crippen molar-refractivity contribution < 1.29 is 54.2 Å². The highest BCUT2D eigenvalue weighted by Gasteiger charge is 2.04. The lowest BCUT2D eigenvalue weighted by Crippen LogP contribution is -2.06. The Morgan fingerprint density at radius 2 is 1.00 bits per heavy atom. The molecule has 0 aliphatic rings. The molecule has 0 heterocycles. The Morgan fingerprint density at radius 3 is 1.15 bits per heavy atom. The fourth-order valence-electron chi connectivity index (χ4n) is 0.884. The van der Waals surface area contributed by atoms with Crippen LogP contribution in [0.1, 0.15) is 46.5 Å². The fourth-order valence-corrected chi connectivity index (χ4v) is 0.884. The van der Waals surface area contributed by atoms with E-state index in [4.69, 9.17) is 15.3 Å². The van der Waals surface area contributed by atoms with Crippen molar-refractivity contribution in [1.29, 1.82) is 0 Å². The third-order valence-electron chi connectivity index (χ3n) is 2.06. The van der Waals surface area contributed by atoms with Crippen LogP contribution < -0.4 is 0 Å². The van der Waals surface area contributed by atoms with Gasteiger partial charge < -0.3 is 30.3 Å². The van der Waals surface area contributed by atoms with Crippen molar-refractivity contribution in [2.45, 2.75) is 46.5 Å². The van der Waals surface area contributed by atoms with Gasteiger partial charge in [-0.1, -0.05) is 6.58 Å². The van der Waals surface area contributed by atoms with Crippen LogP contribution in [-0.4, -0.2) is 63.9 Å². The molecule has 0 saturated heterocycles. The molecule has 5 N–H and O–H groups in total. The minimum absolute atomic E-state index is 0. The largest absolute Gasteiger partial charge is 0.481 e. The zero-order valence-corrected chi connectivity index (χ0v) is 15.6. The first kappa shape index (κ1) is 31.8. The van der Waals surface area contributed by atoms with E-state index in [-0.39, 0.29) is 36.7 Å². The summed E-state index contributed by atoms with van der Waals surface area (Å²) in [5.41, 5.74) is 0.176. The Balaban J connectivity index is -0.000000149. The van der Waals surface area contributed by atoms with Crippen LogP contribution >= 0.6 is 0 Å². The molecule has 0 radical (unpaired) electrons. The van der Waals surface area contributed by atoms with Gasteiger partial charge in [0.1, 0.15) is 0 Å². The number of carboxylic acid groups (broad SMARTS) is 3. The molecule has 0 aliphatic carbocycles. The average molecular weight is 396 g/mol. The number of hydrogen-bond acceptors (Lipinski definition) is 7. The monoisotopic (exact) mass is 396 g/mol. The van der Waals surface area contributed by atoms with Crippen molar-refractivity contribution in [3.8, 4) is 0 Å². The van der Waals surface area contributed by atoms with Crippen molar-refractivity contribution in [2.24, 2.45) is 0 Å². The predicted molar refractivity (Wildman–Crippen MR) is 93.1 cm³/mol. The van der Waals surface area contributed by atoms with E-state index in [0.717, 1.165) is 0 Å². The van der Waals surface area contributed by atoms with E-state index in [0.29, 0.717) is 13.2 Å². The summed E-state index contributed by atoms with van der Waals surface area (Å²) < 4.78 is 8.98. The van der Waals surface area contributed by atoms with E-state index in [2.05, 4.69) is 16.1 Å². The summed E-state index contributed by atoms with van der Waals surface area (Å²) in [6.45, 7) is 8.57. The quantitative estimate of drug-likeness (QED) is 0.367. The standard InChI is InChI=1S/2C6H10O4.C4H6O2.H2O/c2*1-2-10-6(9)4-3-5(7)8;1-3(2)4(5)6;/h2*2-4H2,1H3,(H,7,8);1H2,2H3,(H,5,6);1H2. The molecular weight excluding hydrogens is 368 g/mol. The second kappa shape index (κ2) is 21.1. The smallest absolute Gasteiger partial charge is 0.330 e. The lowest BCUT2D eigenvalue weighted by molar-refractivity contribution is -0.147. The van der Waals surface area contributed by atoms with Gasteiger partial charge in [0, 0.05) is 5.57 Å². The number of carbonyl (C=O) groups is 5. The maximum Gasteiger partial charge on any atom is 0.330 e. The fraction of sp³-hybridized carbons (Fsp3) is 0.562. The van der Waals surface area contributed by atoms with E-state index in [1.807, 2.05) is 0 Å². The van der Waals surface area contributed by atoms with E-state index in [1.54, 1.807) is 13.8 Å². The summed E-state index contributed by atoms with van der Waals surface area (Å²) in [6.07, 6.45) is -0.385. The summed E-state index contributed by atoms with van der Waals surface area (Å²) >= 11 is 0. The highest BCUT2D eigenvalue weighted by Crippen LogP contribution is 1.92. The number of aliphatic carboxylic acids is 3. The lowest BCUT2D eigenvalue weighted by Gasteiger charge is -1.97. The van der Waals surface area contributed by atoms with E-state index in [1.165, 1.54) is 6.92 Å². The third kappa shape index (κ3) is 35.1. The molecule has 0 atom stereocenters. The molecule has 0 unspecified atom stereocenters. The van der Waals surface area contributed by atoms with E-state index < -0.39 is 29.8 Å². The van der Waals surface area contributed by atoms with Gasteiger partial charge in [0.25, 0.3) is 0 Å². The summed E-state index contributed by atoms with van der Waals surface area (Å²) in [5, 5.41) is 24.1. The maximum atomic E-state index is 10.5. The molecule has 0 fully saturated rings. The van der Waals surface area contributed by atoms with Crippen LogP contribution in [0, 0.1) is 0 Å². The van der Waals surface area contributed by atoms with Crippen LogP contribution in [0.15, 0.2) is 12.2 Å². The van der Waals surface area contributed by atoms with Crippen LogP contribution in [0.2, 0.25) is 0 Å². The molecule has 0 aromatic heterocycles. The number of carboxylic acids is 3. The molecule has 0 bridgehead atoms. The lowest BCUT2D eigenvalue weighted by atomic mass is 10.3. The minimum atomic E-state index is -0.979. The Hall–Kier alpha value is -2.95. The van der Waals surface area contributed by atoms with Gasteiger partial charge in [0.15, 0.2) is 0 Å². The van der Waals surface area contributed by atoms with Gasteiger partial charge in [-0.3, -0.25) is 19.2 Å². The van der Waals surface area contributed by atoms with Crippen LogP contribution in [0.25, 0.3) is 0 Å². The maximum absolute atomic E-state index is 10.5. The topological polar surface area (TPSA) is 196 Å². The zero-order chi connectivity index (χ0) is 21.1. The van der Waals surface area contributed by atoms with Gasteiger partial charge in [0.2, 0.25) is 0 Å². The molecule has 0 aromatic rings. The Bertz CT molecular complexity index is 439. The summed E-state index contributed by atoms with van der Waals surface area (Å²) in [5.74, 6) is -3.80. The number of hydrogen-bond donors (Lipinski definition) is 3. The second-order valence-electron chi connectivity index (χ2n) is 4.48. The number of esters is 2.